The van der Waals surface area contributed by atoms with Gasteiger partial charge >= 0.3 is 0 Å². The maximum absolute atomic E-state index is 8.90. The summed E-state index contributed by atoms with van der Waals surface area (Å²) in [6, 6.07) is 5.42. The fraction of sp³-hybridized carbons (Fsp3) is 0.500. The molecule has 0 aromatic heterocycles. The molecule has 1 aromatic carbocycles. The largest absolute Gasteiger partial charge is 0.497 e. The molecule has 0 saturated carbocycles. The molecule has 0 radical (unpaired) electrons. The van der Waals surface area contributed by atoms with E-state index in [-0.39, 0.29) is 6.10 Å². The molecule has 0 spiro atoms. The molecule has 1 aromatic rings. The molecule has 5 heteroatoms. The van der Waals surface area contributed by atoms with Crippen molar-refractivity contribution in [2.75, 3.05) is 20.3 Å². The van der Waals surface area contributed by atoms with Crippen molar-refractivity contribution in [3.05, 3.63) is 23.8 Å². The molecule has 5 nitrogen and oxygen atoms in total. The van der Waals surface area contributed by atoms with Crippen LogP contribution in [0.3, 0.4) is 0 Å². The topological polar surface area (TPSA) is 60.3 Å². The van der Waals surface area contributed by atoms with Gasteiger partial charge in [0.15, 0.2) is 0 Å². The van der Waals surface area contributed by atoms with Gasteiger partial charge in [0.2, 0.25) is 0 Å². The highest BCUT2D eigenvalue weighted by Crippen LogP contribution is 2.26. The Morgan fingerprint density at radius 2 is 2.37 bits per heavy atom. The Morgan fingerprint density at radius 1 is 1.53 bits per heavy atom. The minimum Gasteiger partial charge on any atom is -0.497 e. The van der Waals surface area contributed by atoms with Gasteiger partial charge in [-0.25, -0.2) is 0 Å². The summed E-state index contributed by atoms with van der Waals surface area (Å²) in [5, 5.41) is 12.1. The fourth-order valence-electron chi connectivity index (χ4n) is 2.06. The first-order chi connectivity index (χ1) is 9.24. The third-order valence-electron chi connectivity index (χ3n) is 3.18. The first-order valence-electron chi connectivity index (χ1n) is 6.36. The van der Waals surface area contributed by atoms with E-state index in [1.54, 1.807) is 20.1 Å². The summed E-state index contributed by atoms with van der Waals surface area (Å²) in [5.74, 6) is 1.35. The molecule has 1 aliphatic rings. The fourth-order valence-corrected chi connectivity index (χ4v) is 2.06. The lowest BCUT2D eigenvalue weighted by atomic mass is 10.1. The van der Waals surface area contributed by atoms with Crippen molar-refractivity contribution in [1.82, 2.24) is 0 Å². The van der Waals surface area contributed by atoms with Gasteiger partial charge in [-0.3, -0.25) is 0 Å². The van der Waals surface area contributed by atoms with Gasteiger partial charge in [0.05, 0.1) is 18.9 Å². The van der Waals surface area contributed by atoms with Crippen LogP contribution in [-0.4, -0.2) is 37.3 Å². The highest BCUT2D eigenvalue weighted by Gasteiger charge is 2.17. The zero-order valence-electron chi connectivity index (χ0n) is 11.3. The van der Waals surface area contributed by atoms with Gasteiger partial charge in [-0.05, 0) is 31.9 Å². The van der Waals surface area contributed by atoms with Crippen LogP contribution in [0.4, 0.5) is 0 Å². The predicted molar refractivity (Wildman–Crippen MR) is 71.5 cm³/mol. The Kier molecular flexibility index (Phi) is 4.63. The van der Waals surface area contributed by atoms with Gasteiger partial charge in [0, 0.05) is 18.2 Å². The van der Waals surface area contributed by atoms with E-state index >= 15 is 0 Å². The summed E-state index contributed by atoms with van der Waals surface area (Å²) < 4.78 is 16.5. The van der Waals surface area contributed by atoms with Crippen molar-refractivity contribution in [1.29, 1.82) is 0 Å². The highest BCUT2D eigenvalue weighted by molar-refractivity contribution is 6.00. The van der Waals surface area contributed by atoms with E-state index < -0.39 is 0 Å². The second kappa shape index (κ2) is 6.43. The Labute approximate surface area is 112 Å². The third kappa shape index (κ3) is 3.38. The van der Waals surface area contributed by atoms with Crippen LogP contribution in [0.2, 0.25) is 0 Å². The average Bonchev–Trinajstić information content (AvgIpc) is 2.97. The molecule has 1 saturated heterocycles. The van der Waals surface area contributed by atoms with Gasteiger partial charge in [-0.15, -0.1) is 0 Å². The van der Waals surface area contributed by atoms with Crippen molar-refractivity contribution in [3.8, 4) is 11.5 Å². The molecular formula is C14H19NO4. The first-order valence-corrected chi connectivity index (χ1v) is 6.36. The van der Waals surface area contributed by atoms with E-state index in [0.29, 0.717) is 23.8 Å². The van der Waals surface area contributed by atoms with Crippen molar-refractivity contribution in [3.63, 3.8) is 0 Å². The highest BCUT2D eigenvalue weighted by atomic mass is 16.5. The van der Waals surface area contributed by atoms with Gasteiger partial charge in [-0.1, -0.05) is 5.16 Å². The molecule has 0 amide bonds. The summed E-state index contributed by atoms with van der Waals surface area (Å²) in [7, 11) is 1.60. The molecule has 1 aliphatic heterocycles. The third-order valence-corrected chi connectivity index (χ3v) is 3.18. The van der Waals surface area contributed by atoms with Crippen molar-refractivity contribution < 1.29 is 19.4 Å². The van der Waals surface area contributed by atoms with Crippen LogP contribution in [0.1, 0.15) is 25.3 Å². The quantitative estimate of drug-likeness (QED) is 0.504. The van der Waals surface area contributed by atoms with E-state index in [4.69, 9.17) is 19.4 Å². The predicted octanol–water partition coefficient (Wildman–Crippen LogP) is 2.45. The number of oxime groups is 1. The Bertz CT molecular complexity index is 453. The van der Waals surface area contributed by atoms with Crippen LogP contribution in [-0.2, 0) is 4.74 Å². The van der Waals surface area contributed by atoms with Crippen molar-refractivity contribution in [2.45, 2.75) is 25.9 Å². The number of nitrogens with zero attached hydrogens (tertiary/aromatic N) is 1. The zero-order chi connectivity index (χ0) is 13.7. The van der Waals surface area contributed by atoms with Crippen LogP contribution in [0, 0.1) is 0 Å². The van der Waals surface area contributed by atoms with E-state index in [2.05, 4.69) is 5.16 Å². The van der Waals surface area contributed by atoms with Crippen LogP contribution >= 0.6 is 0 Å². The molecule has 104 valence electrons. The number of rotatable bonds is 5. The molecule has 2 rings (SSSR count). The lowest BCUT2D eigenvalue weighted by Gasteiger charge is -2.15. The number of benzene rings is 1. The summed E-state index contributed by atoms with van der Waals surface area (Å²) in [6.45, 7) is 3.02. The summed E-state index contributed by atoms with van der Waals surface area (Å²) in [6.07, 6.45) is 2.24. The van der Waals surface area contributed by atoms with Crippen LogP contribution in [0.25, 0.3) is 0 Å². The van der Waals surface area contributed by atoms with E-state index in [1.165, 1.54) is 0 Å². The molecule has 0 bridgehead atoms. The Morgan fingerprint density at radius 3 is 3.00 bits per heavy atom. The lowest BCUT2D eigenvalue weighted by Crippen LogP contribution is -2.17. The number of hydrogen-bond acceptors (Lipinski definition) is 5. The second-order valence-electron chi connectivity index (χ2n) is 4.49. The molecule has 1 fully saturated rings. The lowest BCUT2D eigenvalue weighted by molar-refractivity contribution is 0.0678. The summed E-state index contributed by atoms with van der Waals surface area (Å²) >= 11 is 0. The van der Waals surface area contributed by atoms with E-state index in [9.17, 15) is 0 Å². The van der Waals surface area contributed by atoms with Crippen LogP contribution in [0.5, 0.6) is 11.5 Å². The summed E-state index contributed by atoms with van der Waals surface area (Å²) in [4.78, 5) is 0. The standard InChI is InChI=1S/C14H19NO4/c1-10(15-16)13-6-5-11(17-2)8-14(13)19-9-12-4-3-7-18-12/h5-6,8,12,16H,3-4,7,9H2,1-2H3/b15-10+. The Hall–Kier alpha value is -1.75. The Balaban J connectivity index is 2.14. The zero-order valence-corrected chi connectivity index (χ0v) is 11.3. The molecule has 1 unspecified atom stereocenters. The second-order valence-corrected chi connectivity index (χ2v) is 4.49. The number of methoxy groups -OCH3 is 1. The van der Waals surface area contributed by atoms with Gasteiger partial charge in [0.25, 0.3) is 0 Å². The monoisotopic (exact) mass is 265 g/mol. The minimum absolute atomic E-state index is 0.144. The first kappa shape index (κ1) is 13.7. The average molecular weight is 265 g/mol. The van der Waals surface area contributed by atoms with Crippen molar-refractivity contribution in [2.24, 2.45) is 5.16 Å². The molecule has 1 N–H and O–H groups in total. The molecule has 1 atom stereocenters. The van der Waals surface area contributed by atoms with Gasteiger partial charge in [-0.2, -0.15) is 0 Å². The molecule has 19 heavy (non-hydrogen) atoms. The maximum Gasteiger partial charge on any atom is 0.132 e. The van der Waals surface area contributed by atoms with E-state index in [1.807, 2.05) is 12.1 Å². The normalized spacial score (nSPS) is 19.5. The number of hydrogen-bond donors (Lipinski definition) is 1. The van der Waals surface area contributed by atoms with Crippen molar-refractivity contribution >= 4 is 5.71 Å². The van der Waals surface area contributed by atoms with Gasteiger partial charge in [0.1, 0.15) is 18.1 Å². The SMILES string of the molecule is COc1ccc(/C(C)=N/O)c(OCC2CCCO2)c1. The minimum atomic E-state index is 0.144. The van der Waals surface area contributed by atoms with Gasteiger partial charge < -0.3 is 19.4 Å². The maximum atomic E-state index is 8.90. The summed E-state index contributed by atoms with van der Waals surface area (Å²) in [5.41, 5.74) is 1.26. The van der Waals surface area contributed by atoms with Crippen LogP contribution < -0.4 is 9.47 Å². The molecule has 0 aliphatic carbocycles. The van der Waals surface area contributed by atoms with Crippen LogP contribution in [0.15, 0.2) is 23.4 Å². The molecule has 1 heterocycles. The molecular weight excluding hydrogens is 246 g/mol. The van der Waals surface area contributed by atoms with E-state index in [0.717, 1.165) is 25.0 Å². The smallest absolute Gasteiger partial charge is 0.132 e. The number of ether oxygens (including phenoxy) is 3.